The Hall–Kier alpha value is -0.710. The first kappa shape index (κ1) is 11.8. The van der Waals surface area contributed by atoms with E-state index in [-0.39, 0.29) is 0 Å². The summed E-state index contributed by atoms with van der Waals surface area (Å²) in [5.41, 5.74) is 1.31. The number of methoxy groups -OCH3 is 1. The number of hydroxylamine groups is 3. The van der Waals surface area contributed by atoms with E-state index < -0.39 is 0 Å². The van der Waals surface area contributed by atoms with Gasteiger partial charge in [-0.15, -0.1) is 11.8 Å². The van der Waals surface area contributed by atoms with Gasteiger partial charge < -0.3 is 4.74 Å². The zero-order chi connectivity index (χ0) is 11.6. The largest absolute Gasteiger partial charge is 0.497 e. The van der Waals surface area contributed by atoms with Crippen LogP contribution in [0.2, 0.25) is 0 Å². The Balaban J connectivity index is 2.34. The van der Waals surface area contributed by atoms with Crippen LogP contribution < -0.4 is 4.74 Å². The molecule has 0 radical (unpaired) electrons. The third-order valence-electron chi connectivity index (χ3n) is 3.04. The number of nitrogens with zero attached hydrogens (tertiary/aromatic N) is 1. The lowest BCUT2D eigenvalue weighted by atomic mass is 10.2. The minimum Gasteiger partial charge on any atom is -0.497 e. The quantitative estimate of drug-likeness (QED) is 0.739. The van der Waals surface area contributed by atoms with Crippen molar-refractivity contribution >= 4 is 11.8 Å². The van der Waals surface area contributed by atoms with Crippen LogP contribution in [0.4, 0.5) is 0 Å². The van der Waals surface area contributed by atoms with E-state index in [0.717, 1.165) is 24.6 Å². The molecule has 0 aromatic heterocycles. The molecule has 0 amide bonds. The van der Waals surface area contributed by atoms with Crippen LogP contribution in [-0.2, 0) is 11.4 Å². The third kappa shape index (κ3) is 2.34. The highest BCUT2D eigenvalue weighted by Gasteiger charge is 2.27. The molecule has 0 saturated heterocycles. The highest BCUT2D eigenvalue weighted by molar-refractivity contribution is 7.99. The summed E-state index contributed by atoms with van der Waals surface area (Å²) in [6.07, 6.45) is 0. The van der Waals surface area contributed by atoms with Gasteiger partial charge in [-0.1, -0.05) is 0 Å². The van der Waals surface area contributed by atoms with Crippen LogP contribution in [0, 0.1) is 0 Å². The molecule has 0 fully saturated rings. The van der Waals surface area contributed by atoms with Crippen LogP contribution in [0.25, 0.3) is 0 Å². The van der Waals surface area contributed by atoms with Crippen molar-refractivity contribution < 1.29 is 14.2 Å². The molecule has 16 heavy (non-hydrogen) atoms. The van der Waals surface area contributed by atoms with Crippen LogP contribution in [0.15, 0.2) is 23.1 Å². The lowest BCUT2D eigenvalue weighted by molar-refractivity contribution is -1.10. The number of hydrogen-bond acceptors (Lipinski definition) is 3. The summed E-state index contributed by atoms with van der Waals surface area (Å²) in [5, 5.41) is 0. The molecule has 3 nitrogen and oxygen atoms in total. The summed E-state index contributed by atoms with van der Waals surface area (Å²) in [6.45, 7) is 1.92. The number of rotatable bonds is 2. The van der Waals surface area contributed by atoms with Gasteiger partial charge in [0.25, 0.3) is 0 Å². The molecule has 0 saturated carbocycles. The van der Waals surface area contributed by atoms with Crippen molar-refractivity contribution in [2.45, 2.75) is 11.4 Å². The summed E-state index contributed by atoms with van der Waals surface area (Å²) >= 11 is 1.90. The maximum Gasteiger partial charge on any atom is 0.135 e. The number of benzene rings is 1. The monoisotopic (exact) mass is 240 g/mol. The van der Waals surface area contributed by atoms with Crippen LogP contribution in [0.3, 0.4) is 0 Å². The third-order valence-corrected chi connectivity index (χ3v) is 4.13. The summed E-state index contributed by atoms with van der Waals surface area (Å²) in [5.74, 6) is 2.01. The van der Waals surface area contributed by atoms with Gasteiger partial charge in [-0.25, -0.2) is 4.84 Å². The van der Waals surface area contributed by atoms with Crippen molar-refractivity contribution in [2.75, 3.05) is 33.6 Å². The van der Waals surface area contributed by atoms with Crippen molar-refractivity contribution in [3.05, 3.63) is 23.8 Å². The zero-order valence-electron chi connectivity index (χ0n) is 10.0. The molecule has 0 aliphatic carbocycles. The Bertz CT molecular complexity index is 383. The van der Waals surface area contributed by atoms with E-state index in [9.17, 15) is 0 Å². The zero-order valence-corrected chi connectivity index (χ0v) is 10.8. The lowest BCUT2D eigenvalue weighted by Crippen LogP contribution is -2.42. The van der Waals surface area contributed by atoms with E-state index in [0.29, 0.717) is 4.65 Å². The van der Waals surface area contributed by atoms with E-state index in [1.807, 2.05) is 17.8 Å². The molecule has 0 N–H and O–H groups in total. The van der Waals surface area contributed by atoms with E-state index in [1.54, 1.807) is 14.2 Å². The van der Waals surface area contributed by atoms with Gasteiger partial charge in [0.05, 0.1) is 27.0 Å². The first-order valence-corrected chi connectivity index (χ1v) is 6.35. The maximum atomic E-state index is 5.57. The normalized spacial score (nSPS) is 24.7. The molecule has 1 aliphatic heterocycles. The Kier molecular flexibility index (Phi) is 3.42. The van der Waals surface area contributed by atoms with Crippen molar-refractivity contribution in [1.29, 1.82) is 0 Å². The predicted molar refractivity (Wildman–Crippen MR) is 65.5 cm³/mol. The van der Waals surface area contributed by atoms with Gasteiger partial charge in [-0.3, -0.25) is 0 Å². The average Bonchev–Trinajstić information content (AvgIpc) is 2.47. The maximum absolute atomic E-state index is 5.57. The van der Waals surface area contributed by atoms with Gasteiger partial charge in [-0.05, 0) is 18.2 Å². The van der Waals surface area contributed by atoms with Gasteiger partial charge in [0.1, 0.15) is 18.8 Å². The lowest BCUT2D eigenvalue weighted by Gasteiger charge is -2.28. The highest BCUT2D eigenvalue weighted by atomic mass is 32.2. The van der Waals surface area contributed by atoms with Crippen molar-refractivity contribution in [2.24, 2.45) is 0 Å². The molecule has 2 rings (SSSR count). The molecule has 1 aliphatic rings. The number of hydrogen-bond donors (Lipinski definition) is 0. The minimum atomic E-state index is 0.632. The average molecular weight is 240 g/mol. The van der Waals surface area contributed by atoms with Crippen molar-refractivity contribution in [3.63, 3.8) is 0 Å². The van der Waals surface area contributed by atoms with E-state index in [2.05, 4.69) is 19.2 Å². The molecule has 1 aromatic carbocycles. The van der Waals surface area contributed by atoms with Gasteiger partial charge in [0.15, 0.2) is 0 Å². The fraction of sp³-hybridized carbons (Fsp3) is 0.500. The number of ether oxygens (including phenoxy) is 1. The second kappa shape index (κ2) is 4.65. The molecule has 1 unspecified atom stereocenters. The number of thioether (sulfide) groups is 1. The van der Waals surface area contributed by atoms with Crippen LogP contribution in [-0.4, -0.2) is 38.2 Å². The smallest absolute Gasteiger partial charge is 0.135 e. The summed E-state index contributed by atoms with van der Waals surface area (Å²) in [4.78, 5) is 6.92. The molecular weight excluding hydrogens is 222 g/mol. The van der Waals surface area contributed by atoms with Gasteiger partial charge in [0.2, 0.25) is 0 Å². The molecule has 1 heterocycles. The Morgan fingerprint density at radius 1 is 1.31 bits per heavy atom. The van der Waals surface area contributed by atoms with Crippen molar-refractivity contribution in [3.8, 4) is 5.75 Å². The number of quaternary nitrogens is 1. The first-order valence-electron chi connectivity index (χ1n) is 5.37. The Morgan fingerprint density at radius 3 is 2.81 bits per heavy atom. The van der Waals surface area contributed by atoms with Crippen LogP contribution in [0.5, 0.6) is 5.75 Å². The second-order valence-corrected chi connectivity index (χ2v) is 5.32. The van der Waals surface area contributed by atoms with Crippen LogP contribution >= 0.6 is 11.8 Å². The van der Waals surface area contributed by atoms with E-state index in [4.69, 9.17) is 9.57 Å². The van der Waals surface area contributed by atoms with Gasteiger partial charge >= 0.3 is 0 Å². The molecule has 1 aromatic rings. The predicted octanol–water partition coefficient (Wildman–Crippen LogP) is 2.31. The molecule has 4 heteroatoms. The van der Waals surface area contributed by atoms with Gasteiger partial charge in [-0.2, -0.15) is 4.65 Å². The fourth-order valence-electron chi connectivity index (χ4n) is 1.89. The minimum absolute atomic E-state index is 0.632. The van der Waals surface area contributed by atoms with E-state index in [1.165, 1.54) is 10.5 Å². The number of fused-ring (bicyclic) bond motifs is 1. The molecular formula is C12H18NO2S+. The highest BCUT2D eigenvalue weighted by Crippen LogP contribution is 2.32. The summed E-state index contributed by atoms with van der Waals surface area (Å²) < 4.78 is 5.90. The molecule has 88 valence electrons. The second-order valence-electron chi connectivity index (χ2n) is 4.18. The Labute approximate surface area is 101 Å². The molecule has 0 spiro atoms. The van der Waals surface area contributed by atoms with E-state index >= 15 is 0 Å². The molecule has 1 atom stereocenters. The SMILES string of the molecule is COc1ccc2c(c1)C[N+](C)(OC)CCS2. The van der Waals surface area contributed by atoms with Crippen LogP contribution in [0.1, 0.15) is 5.56 Å². The summed E-state index contributed by atoms with van der Waals surface area (Å²) in [6, 6.07) is 6.28. The fourth-order valence-corrected chi connectivity index (χ4v) is 3.06. The Morgan fingerprint density at radius 2 is 2.12 bits per heavy atom. The topological polar surface area (TPSA) is 18.5 Å². The van der Waals surface area contributed by atoms with Gasteiger partial charge in [0, 0.05) is 10.5 Å². The summed E-state index contributed by atoms with van der Waals surface area (Å²) in [7, 11) is 5.60. The first-order chi connectivity index (χ1) is 7.67. The van der Waals surface area contributed by atoms with Crippen molar-refractivity contribution in [1.82, 2.24) is 0 Å². The standard InChI is InChI=1S/C12H18NO2S/c1-13(15-3)6-7-16-12-5-4-11(14-2)8-10(12)9-13/h4-5,8H,6-7,9H2,1-3H3/q+1. The molecule has 0 bridgehead atoms.